The van der Waals surface area contributed by atoms with Crippen LogP contribution in [-0.2, 0) is 6.42 Å². The molecule has 0 saturated carbocycles. The van der Waals surface area contributed by atoms with Crippen LogP contribution in [0.25, 0.3) is 10.8 Å². The third-order valence-electron chi connectivity index (χ3n) is 3.68. The normalized spacial score (nSPS) is 12.3. The van der Waals surface area contributed by atoms with Crippen molar-refractivity contribution in [2.24, 2.45) is 0 Å². The number of pyridine rings is 1. The van der Waals surface area contributed by atoms with Gasteiger partial charge >= 0.3 is 0 Å². The molecule has 1 N–H and O–H groups in total. The number of aliphatic hydroxyl groups excluding tert-OH is 1. The van der Waals surface area contributed by atoms with E-state index < -0.39 is 6.10 Å². The number of aliphatic hydroxyl groups is 1. The highest BCUT2D eigenvalue weighted by Crippen LogP contribution is 2.28. The Labute approximate surface area is 123 Å². The summed E-state index contributed by atoms with van der Waals surface area (Å²) in [5, 5.41) is 12.7. The molecule has 106 valence electrons. The molecule has 2 aromatic carbocycles. The Kier molecular flexibility index (Phi) is 3.84. The number of para-hydroxylation sites is 1. The van der Waals surface area contributed by atoms with Crippen molar-refractivity contribution in [2.75, 3.05) is 7.11 Å². The van der Waals surface area contributed by atoms with Crippen LogP contribution in [0, 0.1) is 0 Å². The van der Waals surface area contributed by atoms with E-state index in [1.54, 1.807) is 13.3 Å². The molecule has 0 aliphatic carbocycles. The second-order valence-corrected chi connectivity index (χ2v) is 4.98. The lowest BCUT2D eigenvalue weighted by Crippen LogP contribution is -2.04. The van der Waals surface area contributed by atoms with Gasteiger partial charge in [0.2, 0.25) is 0 Å². The molecule has 0 radical (unpaired) electrons. The van der Waals surface area contributed by atoms with E-state index in [0.29, 0.717) is 6.42 Å². The van der Waals surface area contributed by atoms with Crippen LogP contribution in [0.3, 0.4) is 0 Å². The molecule has 1 atom stereocenters. The Hall–Kier alpha value is -2.39. The number of rotatable bonds is 4. The molecule has 0 fully saturated rings. The topological polar surface area (TPSA) is 42.4 Å². The van der Waals surface area contributed by atoms with E-state index in [9.17, 15) is 5.11 Å². The fourth-order valence-electron chi connectivity index (χ4n) is 2.63. The Morgan fingerprint density at radius 3 is 2.81 bits per heavy atom. The molecule has 3 rings (SSSR count). The number of methoxy groups -OCH3 is 1. The fourth-order valence-corrected chi connectivity index (χ4v) is 2.63. The zero-order valence-corrected chi connectivity index (χ0v) is 11.9. The van der Waals surface area contributed by atoms with E-state index in [4.69, 9.17) is 4.74 Å². The van der Waals surface area contributed by atoms with E-state index in [-0.39, 0.29) is 0 Å². The van der Waals surface area contributed by atoms with Gasteiger partial charge in [-0.25, -0.2) is 0 Å². The third-order valence-corrected chi connectivity index (χ3v) is 3.68. The summed E-state index contributed by atoms with van der Waals surface area (Å²) in [6.45, 7) is 0. The first-order chi connectivity index (χ1) is 10.3. The Morgan fingerprint density at radius 1 is 1.10 bits per heavy atom. The molecule has 3 nitrogen and oxygen atoms in total. The molecular weight excluding hydrogens is 262 g/mol. The van der Waals surface area contributed by atoms with Crippen molar-refractivity contribution in [3.63, 3.8) is 0 Å². The molecule has 0 spiro atoms. The molecule has 3 heteroatoms. The van der Waals surface area contributed by atoms with Crippen LogP contribution in [0.5, 0.6) is 5.75 Å². The molecule has 0 saturated heterocycles. The van der Waals surface area contributed by atoms with Crippen molar-refractivity contribution in [3.05, 3.63) is 72.1 Å². The summed E-state index contributed by atoms with van der Waals surface area (Å²) in [6.07, 6.45) is 3.51. The molecule has 21 heavy (non-hydrogen) atoms. The van der Waals surface area contributed by atoms with Crippen LogP contribution in [0.1, 0.15) is 17.2 Å². The van der Waals surface area contributed by atoms with Gasteiger partial charge in [-0.3, -0.25) is 4.98 Å². The molecule has 0 aliphatic rings. The Bertz CT molecular complexity index is 750. The van der Waals surface area contributed by atoms with Crippen molar-refractivity contribution >= 4 is 10.8 Å². The van der Waals surface area contributed by atoms with E-state index >= 15 is 0 Å². The van der Waals surface area contributed by atoms with Crippen LogP contribution >= 0.6 is 0 Å². The van der Waals surface area contributed by atoms with Crippen molar-refractivity contribution in [1.29, 1.82) is 0 Å². The van der Waals surface area contributed by atoms with Crippen molar-refractivity contribution in [2.45, 2.75) is 12.5 Å². The summed E-state index contributed by atoms with van der Waals surface area (Å²) in [7, 11) is 1.65. The lowest BCUT2D eigenvalue weighted by Gasteiger charge is -2.15. The molecule has 0 aliphatic heterocycles. The predicted molar refractivity (Wildman–Crippen MR) is 83.4 cm³/mol. The van der Waals surface area contributed by atoms with Gasteiger partial charge in [-0.05, 0) is 28.6 Å². The molecule has 1 heterocycles. The number of nitrogens with zero attached hydrogens (tertiary/aromatic N) is 1. The summed E-state index contributed by atoms with van der Waals surface area (Å²) >= 11 is 0. The molecule has 1 unspecified atom stereocenters. The molecule has 0 bridgehead atoms. The average molecular weight is 279 g/mol. The van der Waals surface area contributed by atoms with Gasteiger partial charge in [-0.15, -0.1) is 0 Å². The van der Waals surface area contributed by atoms with E-state index in [2.05, 4.69) is 4.98 Å². The summed E-state index contributed by atoms with van der Waals surface area (Å²) in [4.78, 5) is 4.12. The highest BCUT2D eigenvalue weighted by molar-refractivity contribution is 5.85. The zero-order chi connectivity index (χ0) is 14.7. The summed E-state index contributed by atoms with van der Waals surface area (Å²) < 4.78 is 5.35. The smallest absolute Gasteiger partial charge is 0.122 e. The number of fused-ring (bicyclic) bond motifs is 1. The summed E-state index contributed by atoms with van der Waals surface area (Å²) in [6, 6.07) is 15.6. The minimum absolute atomic E-state index is 0.519. The lowest BCUT2D eigenvalue weighted by atomic mass is 9.96. The van der Waals surface area contributed by atoms with Gasteiger partial charge in [0.1, 0.15) is 5.75 Å². The fraction of sp³-hybridized carbons (Fsp3) is 0.167. The Morgan fingerprint density at radius 2 is 1.95 bits per heavy atom. The quantitative estimate of drug-likeness (QED) is 0.794. The number of hydrogen-bond acceptors (Lipinski definition) is 3. The van der Waals surface area contributed by atoms with Crippen molar-refractivity contribution in [1.82, 2.24) is 4.98 Å². The van der Waals surface area contributed by atoms with Crippen LogP contribution < -0.4 is 4.74 Å². The first-order valence-corrected chi connectivity index (χ1v) is 6.92. The van der Waals surface area contributed by atoms with Crippen LogP contribution in [0.4, 0.5) is 0 Å². The molecule has 1 aromatic heterocycles. The first-order valence-electron chi connectivity index (χ1n) is 6.92. The zero-order valence-electron chi connectivity index (χ0n) is 11.9. The van der Waals surface area contributed by atoms with Crippen LogP contribution in [0.15, 0.2) is 60.9 Å². The number of aromatic nitrogens is 1. The van der Waals surface area contributed by atoms with Gasteiger partial charge in [-0.2, -0.15) is 0 Å². The largest absolute Gasteiger partial charge is 0.496 e. The lowest BCUT2D eigenvalue weighted by molar-refractivity contribution is 0.179. The van der Waals surface area contributed by atoms with Gasteiger partial charge < -0.3 is 9.84 Å². The number of benzene rings is 2. The monoisotopic (exact) mass is 279 g/mol. The SMILES string of the molecule is COc1ccccc1CC(O)c1cccc2cnccc12. The standard InChI is InChI=1S/C18H17NO2/c1-21-18-8-3-2-5-13(18)11-17(20)16-7-4-6-14-12-19-10-9-15(14)16/h2-10,12,17,20H,11H2,1H3. The minimum Gasteiger partial charge on any atom is -0.496 e. The highest BCUT2D eigenvalue weighted by atomic mass is 16.5. The molecular formula is C18H17NO2. The maximum Gasteiger partial charge on any atom is 0.122 e. The van der Waals surface area contributed by atoms with E-state index in [1.807, 2.05) is 54.7 Å². The van der Waals surface area contributed by atoms with E-state index in [0.717, 1.165) is 27.6 Å². The number of ether oxygens (including phenoxy) is 1. The van der Waals surface area contributed by atoms with Gasteiger partial charge in [0.15, 0.2) is 0 Å². The van der Waals surface area contributed by atoms with Gasteiger partial charge in [0.25, 0.3) is 0 Å². The number of hydrogen-bond donors (Lipinski definition) is 1. The summed E-state index contributed by atoms with van der Waals surface area (Å²) in [5.41, 5.74) is 1.92. The molecule has 3 aromatic rings. The van der Waals surface area contributed by atoms with Gasteiger partial charge in [0, 0.05) is 24.2 Å². The second kappa shape index (κ2) is 5.94. The maximum atomic E-state index is 10.6. The van der Waals surface area contributed by atoms with Gasteiger partial charge in [-0.1, -0.05) is 36.4 Å². The molecule has 0 amide bonds. The Balaban J connectivity index is 1.96. The van der Waals surface area contributed by atoms with Crippen molar-refractivity contribution < 1.29 is 9.84 Å². The van der Waals surface area contributed by atoms with Crippen molar-refractivity contribution in [3.8, 4) is 5.75 Å². The van der Waals surface area contributed by atoms with Crippen LogP contribution in [-0.4, -0.2) is 17.2 Å². The average Bonchev–Trinajstić information content (AvgIpc) is 2.54. The van der Waals surface area contributed by atoms with E-state index in [1.165, 1.54) is 0 Å². The predicted octanol–water partition coefficient (Wildman–Crippen LogP) is 3.52. The van der Waals surface area contributed by atoms with Crippen LogP contribution in [0.2, 0.25) is 0 Å². The first kappa shape index (κ1) is 13.6. The summed E-state index contributed by atoms with van der Waals surface area (Å²) in [5.74, 6) is 0.804. The third kappa shape index (κ3) is 2.73. The minimum atomic E-state index is -0.576. The second-order valence-electron chi connectivity index (χ2n) is 4.98. The highest BCUT2D eigenvalue weighted by Gasteiger charge is 2.14. The van der Waals surface area contributed by atoms with Gasteiger partial charge in [0.05, 0.1) is 13.2 Å². The maximum absolute atomic E-state index is 10.6.